The normalized spacial score (nSPS) is 23.5. The van der Waals surface area contributed by atoms with Crippen LogP contribution in [0.1, 0.15) is 20.8 Å². The minimum Gasteiger partial charge on any atom is -0.444 e. The van der Waals surface area contributed by atoms with Crippen molar-refractivity contribution in [3.05, 3.63) is 11.3 Å². The number of rotatable bonds is 1. The van der Waals surface area contributed by atoms with Gasteiger partial charge in [0.15, 0.2) is 4.93 Å². The number of esters is 1. The fourth-order valence-corrected chi connectivity index (χ4v) is 2.07. The number of hydrogen-bond donors (Lipinski definition) is 0. The molecule has 0 amide bonds. The second-order valence-corrected chi connectivity index (χ2v) is 5.59. The summed E-state index contributed by atoms with van der Waals surface area (Å²) < 4.78 is 5.15. The van der Waals surface area contributed by atoms with Crippen molar-refractivity contribution < 1.29 is 14.3 Å². The van der Waals surface area contributed by atoms with E-state index in [1.54, 1.807) is 39.8 Å². The second-order valence-electron chi connectivity index (χ2n) is 4.03. The van der Waals surface area contributed by atoms with Crippen molar-refractivity contribution in [2.75, 3.05) is 14.1 Å². The van der Waals surface area contributed by atoms with E-state index in [9.17, 15) is 9.59 Å². The number of carbonyl (C=O) groups is 2. The maximum Gasteiger partial charge on any atom is 0.345 e. The molecule has 0 aromatic carbocycles. The van der Waals surface area contributed by atoms with Crippen molar-refractivity contribution in [2.24, 2.45) is 0 Å². The van der Waals surface area contributed by atoms with Gasteiger partial charge in [0.2, 0.25) is 5.12 Å². The van der Waals surface area contributed by atoms with Crippen molar-refractivity contribution in [3.8, 4) is 0 Å². The fraction of sp³-hybridized carbons (Fsp3) is 0.600. The highest BCUT2D eigenvalue weighted by Crippen LogP contribution is 2.36. The molecule has 0 N–H and O–H groups in total. The first-order chi connectivity index (χ1) is 6.74. The number of allylic oxidation sites excluding steroid dienone is 1. The first-order valence-electron chi connectivity index (χ1n) is 4.59. The lowest BCUT2D eigenvalue weighted by molar-refractivity contribution is -0.146. The minimum absolute atomic E-state index is 0.143. The van der Waals surface area contributed by atoms with E-state index in [2.05, 4.69) is 0 Å². The summed E-state index contributed by atoms with van der Waals surface area (Å²) in [5.74, 6) is -0.532. The van der Waals surface area contributed by atoms with Gasteiger partial charge in [0.1, 0.15) is 5.57 Å². The molecule has 4 nitrogen and oxygen atoms in total. The third-order valence-electron chi connectivity index (χ3n) is 2.12. The average molecular weight is 229 g/mol. The highest BCUT2D eigenvalue weighted by atomic mass is 32.2. The molecular formula is C10H15NO3S. The quantitative estimate of drug-likeness (QED) is 0.386. The summed E-state index contributed by atoms with van der Waals surface area (Å²) in [5, 5.41) is -0.220. The SMILES string of the molecule is C/C(=C1\C(=O)OC(C)(C)SC1=O)N(C)C. The Hall–Kier alpha value is -0.970. The zero-order chi connectivity index (χ0) is 11.8. The maximum atomic E-state index is 11.7. The fourth-order valence-electron chi connectivity index (χ4n) is 1.17. The topological polar surface area (TPSA) is 46.6 Å². The minimum atomic E-state index is -0.760. The molecule has 1 aliphatic heterocycles. The largest absolute Gasteiger partial charge is 0.444 e. The number of nitrogens with zero attached hydrogens (tertiary/aromatic N) is 1. The summed E-state index contributed by atoms with van der Waals surface area (Å²) in [7, 11) is 3.57. The van der Waals surface area contributed by atoms with Gasteiger partial charge in [-0.1, -0.05) is 0 Å². The molecule has 0 aromatic heterocycles. The van der Waals surface area contributed by atoms with E-state index >= 15 is 0 Å². The van der Waals surface area contributed by atoms with Gasteiger partial charge in [-0.3, -0.25) is 4.79 Å². The highest BCUT2D eigenvalue weighted by molar-refractivity contribution is 8.15. The molecule has 1 saturated heterocycles. The molecule has 0 aromatic rings. The molecule has 0 atom stereocenters. The molecule has 0 bridgehead atoms. The van der Waals surface area contributed by atoms with E-state index in [1.807, 2.05) is 0 Å². The molecule has 5 heteroatoms. The first-order valence-corrected chi connectivity index (χ1v) is 5.41. The van der Waals surface area contributed by atoms with E-state index < -0.39 is 10.9 Å². The van der Waals surface area contributed by atoms with Gasteiger partial charge in [-0.2, -0.15) is 0 Å². The predicted molar refractivity (Wildman–Crippen MR) is 59.2 cm³/mol. The maximum absolute atomic E-state index is 11.7. The van der Waals surface area contributed by atoms with Crippen LogP contribution in [0.3, 0.4) is 0 Å². The third-order valence-corrected chi connectivity index (χ3v) is 3.08. The Morgan fingerprint density at radius 3 is 2.27 bits per heavy atom. The monoisotopic (exact) mass is 229 g/mol. The van der Waals surface area contributed by atoms with Crippen LogP contribution in [0.2, 0.25) is 0 Å². The molecule has 0 unspecified atom stereocenters. The van der Waals surface area contributed by atoms with Gasteiger partial charge in [0.25, 0.3) is 0 Å². The molecule has 0 spiro atoms. The van der Waals surface area contributed by atoms with Crippen molar-refractivity contribution in [1.82, 2.24) is 4.90 Å². The van der Waals surface area contributed by atoms with E-state index in [0.717, 1.165) is 11.8 Å². The van der Waals surface area contributed by atoms with Gasteiger partial charge >= 0.3 is 5.97 Å². The van der Waals surface area contributed by atoms with Gasteiger partial charge < -0.3 is 9.64 Å². The van der Waals surface area contributed by atoms with E-state index in [0.29, 0.717) is 5.70 Å². The number of hydrogen-bond acceptors (Lipinski definition) is 5. The molecule has 84 valence electrons. The van der Waals surface area contributed by atoms with Crippen molar-refractivity contribution in [1.29, 1.82) is 0 Å². The molecule has 1 heterocycles. The summed E-state index contributed by atoms with van der Waals surface area (Å²) in [5.41, 5.74) is 0.775. The van der Waals surface area contributed by atoms with Crippen LogP contribution in [-0.4, -0.2) is 35.0 Å². The van der Waals surface area contributed by atoms with E-state index in [-0.39, 0.29) is 10.7 Å². The summed E-state index contributed by atoms with van der Waals surface area (Å²) in [4.78, 5) is 24.3. The standard InChI is InChI=1S/C10H15NO3S/c1-6(11(4)5)7-8(12)14-10(2,3)15-9(7)13/h1-5H3/b7-6-. The highest BCUT2D eigenvalue weighted by Gasteiger charge is 2.39. The van der Waals surface area contributed by atoms with Gasteiger partial charge in [0.05, 0.1) is 0 Å². The van der Waals surface area contributed by atoms with Crippen LogP contribution in [0.5, 0.6) is 0 Å². The Balaban J connectivity index is 3.10. The van der Waals surface area contributed by atoms with Crippen LogP contribution in [0.15, 0.2) is 11.3 Å². The van der Waals surface area contributed by atoms with Crippen molar-refractivity contribution >= 4 is 22.8 Å². The molecule has 1 aliphatic rings. The van der Waals surface area contributed by atoms with Gasteiger partial charge in [-0.25, -0.2) is 4.79 Å². The lowest BCUT2D eigenvalue weighted by Crippen LogP contribution is -2.36. The zero-order valence-corrected chi connectivity index (χ0v) is 10.4. The Kier molecular flexibility index (Phi) is 3.13. The van der Waals surface area contributed by atoms with Crippen molar-refractivity contribution in [2.45, 2.75) is 25.7 Å². The van der Waals surface area contributed by atoms with Gasteiger partial charge in [0, 0.05) is 19.8 Å². The molecule has 15 heavy (non-hydrogen) atoms. The Labute approximate surface area is 93.6 Å². The zero-order valence-electron chi connectivity index (χ0n) is 9.58. The van der Waals surface area contributed by atoms with E-state index in [1.165, 1.54) is 0 Å². The Morgan fingerprint density at radius 1 is 1.33 bits per heavy atom. The van der Waals surface area contributed by atoms with Crippen LogP contribution in [0.4, 0.5) is 0 Å². The molecule has 0 radical (unpaired) electrons. The number of thioether (sulfide) groups is 1. The number of carbonyl (C=O) groups excluding carboxylic acids is 2. The lowest BCUT2D eigenvalue weighted by atomic mass is 10.2. The average Bonchev–Trinajstić information content (AvgIpc) is 1.99. The summed E-state index contributed by atoms with van der Waals surface area (Å²) >= 11 is 1.03. The first kappa shape index (κ1) is 12.1. The van der Waals surface area contributed by atoms with Crippen LogP contribution >= 0.6 is 11.8 Å². The molecule has 0 saturated carbocycles. The van der Waals surface area contributed by atoms with E-state index in [4.69, 9.17) is 4.74 Å². The third kappa shape index (κ3) is 2.53. The van der Waals surface area contributed by atoms with Crippen molar-refractivity contribution in [3.63, 3.8) is 0 Å². The van der Waals surface area contributed by atoms with Crippen LogP contribution < -0.4 is 0 Å². The van der Waals surface area contributed by atoms with Gasteiger partial charge in [-0.05, 0) is 32.5 Å². The number of ether oxygens (including phenoxy) is 1. The molecule has 0 aliphatic carbocycles. The Morgan fingerprint density at radius 2 is 1.87 bits per heavy atom. The molecular weight excluding hydrogens is 214 g/mol. The molecule has 1 fully saturated rings. The van der Waals surface area contributed by atoms with Crippen LogP contribution in [0, 0.1) is 0 Å². The Bertz CT molecular complexity index is 323. The number of cyclic esters (lactones) is 1. The predicted octanol–water partition coefficient (Wildman–Crippen LogP) is 1.37. The smallest absolute Gasteiger partial charge is 0.345 e. The second kappa shape index (κ2) is 3.89. The summed E-state index contributed by atoms with van der Waals surface area (Å²) in [6, 6.07) is 0. The van der Waals surface area contributed by atoms with Crippen LogP contribution in [-0.2, 0) is 14.3 Å². The van der Waals surface area contributed by atoms with Crippen LogP contribution in [0.25, 0.3) is 0 Å². The molecule has 1 rings (SSSR count). The lowest BCUT2D eigenvalue weighted by Gasteiger charge is -2.30. The van der Waals surface area contributed by atoms with Gasteiger partial charge in [-0.15, -0.1) is 0 Å². The summed E-state index contributed by atoms with van der Waals surface area (Å²) in [6.07, 6.45) is 0. The summed E-state index contributed by atoms with van der Waals surface area (Å²) in [6.45, 7) is 5.14.